The first-order valence-electron chi connectivity index (χ1n) is 7.98. The summed E-state index contributed by atoms with van der Waals surface area (Å²) in [6, 6.07) is 0.626. The van der Waals surface area contributed by atoms with Crippen LogP contribution in [0.5, 0.6) is 0 Å². The molecule has 0 bridgehead atoms. The van der Waals surface area contributed by atoms with Crippen molar-refractivity contribution in [2.45, 2.75) is 64.6 Å². The molecule has 1 aromatic heterocycles. The van der Waals surface area contributed by atoms with Crippen molar-refractivity contribution in [1.29, 1.82) is 0 Å². The highest BCUT2D eigenvalue weighted by molar-refractivity contribution is 7.09. The molecule has 0 radical (unpaired) electrons. The van der Waals surface area contributed by atoms with E-state index in [4.69, 9.17) is 0 Å². The van der Waals surface area contributed by atoms with Gasteiger partial charge in [0.1, 0.15) is 0 Å². The van der Waals surface area contributed by atoms with Gasteiger partial charge in [-0.15, -0.1) is 11.3 Å². The average molecular weight is 293 g/mol. The number of nitrogens with one attached hydrogen (secondary N) is 1. The summed E-state index contributed by atoms with van der Waals surface area (Å²) in [6.07, 6.45) is 5.49. The first-order chi connectivity index (χ1) is 9.59. The molecule has 0 aromatic carbocycles. The van der Waals surface area contributed by atoms with Crippen molar-refractivity contribution in [3.8, 4) is 0 Å². The van der Waals surface area contributed by atoms with Crippen LogP contribution in [0, 0.1) is 12.8 Å². The number of nitrogens with zero attached hydrogens (tertiary/aromatic N) is 2. The summed E-state index contributed by atoms with van der Waals surface area (Å²) in [6.45, 7) is 10.1. The highest BCUT2D eigenvalue weighted by Gasteiger charge is 2.43. The Balaban J connectivity index is 1.77. The third-order valence-electron chi connectivity index (χ3n) is 5.14. The van der Waals surface area contributed by atoms with Gasteiger partial charge in [-0.3, -0.25) is 4.90 Å². The second kappa shape index (κ2) is 5.74. The molecule has 1 aliphatic carbocycles. The Morgan fingerprint density at radius 3 is 2.80 bits per heavy atom. The van der Waals surface area contributed by atoms with Crippen molar-refractivity contribution in [2.24, 2.45) is 5.92 Å². The van der Waals surface area contributed by atoms with E-state index in [0.717, 1.165) is 6.54 Å². The molecule has 1 spiro atoms. The number of hydrogen-bond donors (Lipinski definition) is 1. The Morgan fingerprint density at radius 1 is 1.45 bits per heavy atom. The fraction of sp³-hybridized carbons (Fsp3) is 0.812. The minimum Gasteiger partial charge on any atom is -0.311 e. The van der Waals surface area contributed by atoms with Crippen LogP contribution in [0.25, 0.3) is 0 Å². The van der Waals surface area contributed by atoms with Gasteiger partial charge in [-0.2, -0.15) is 0 Å². The third-order valence-corrected chi connectivity index (χ3v) is 5.96. The van der Waals surface area contributed by atoms with Crippen LogP contribution in [0.2, 0.25) is 0 Å². The predicted octanol–water partition coefficient (Wildman–Crippen LogP) is 3.19. The summed E-state index contributed by atoms with van der Waals surface area (Å²) in [5, 5.41) is 7.24. The topological polar surface area (TPSA) is 28.2 Å². The monoisotopic (exact) mass is 293 g/mol. The van der Waals surface area contributed by atoms with Crippen LogP contribution in [-0.4, -0.2) is 34.6 Å². The lowest BCUT2D eigenvalue weighted by Crippen LogP contribution is -2.64. The highest BCUT2D eigenvalue weighted by atomic mass is 32.1. The number of thiazole rings is 1. The molecule has 4 heteroatoms. The van der Waals surface area contributed by atoms with Gasteiger partial charge in [0.05, 0.1) is 10.7 Å². The minimum absolute atomic E-state index is 0.406. The second-order valence-corrected chi connectivity index (χ2v) is 7.96. The van der Waals surface area contributed by atoms with Crippen LogP contribution in [0.3, 0.4) is 0 Å². The molecule has 1 aliphatic heterocycles. The van der Waals surface area contributed by atoms with Gasteiger partial charge in [0, 0.05) is 36.6 Å². The maximum atomic E-state index is 4.69. The molecule has 3 rings (SSSR count). The molecule has 1 N–H and O–H groups in total. The smallest absolute Gasteiger partial charge is 0.0897 e. The van der Waals surface area contributed by atoms with Crippen LogP contribution in [0.1, 0.15) is 50.2 Å². The number of rotatable bonds is 3. The lowest BCUT2D eigenvalue weighted by atomic mass is 9.88. The Hall–Kier alpha value is -0.450. The van der Waals surface area contributed by atoms with Crippen molar-refractivity contribution in [2.75, 3.05) is 13.1 Å². The quantitative estimate of drug-likeness (QED) is 0.927. The summed E-state index contributed by atoms with van der Waals surface area (Å²) < 4.78 is 0. The van der Waals surface area contributed by atoms with Crippen molar-refractivity contribution >= 4 is 11.3 Å². The number of piperazine rings is 1. The van der Waals surface area contributed by atoms with Gasteiger partial charge in [0.2, 0.25) is 0 Å². The molecule has 20 heavy (non-hydrogen) atoms. The highest BCUT2D eigenvalue weighted by Crippen LogP contribution is 2.38. The summed E-state index contributed by atoms with van der Waals surface area (Å²) in [7, 11) is 0. The van der Waals surface area contributed by atoms with E-state index in [0.29, 0.717) is 17.5 Å². The number of aromatic nitrogens is 1. The van der Waals surface area contributed by atoms with Crippen molar-refractivity contribution < 1.29 is 0 Å². The summed E-state index contributed by atoms with van der Waals surface area (Å²) >= 11 is 1.78. The van der Waals surface area contributed by atoms with Gasteiger partial charge in [0.15, 0.2) is 0 Å². The van der Waals surface area contributed by atoms with Crippen molar-refractivity contribution in [1.82, 2.24) is 15.2 Å². The van der Waals surface area contributed by atoms with E-state index in [1.807, 2.05) is 0 Å². The number of hydrogen-bond acceptors (Lipinski definition) is 4. The zero-order chi connectivity index (χ0) is 14.2. The first-order valence-corrected chi connectivity index (χ1v) is 8.86. The molecule has 2 fully saturated rings. The number of aryl methyl sites for hydroxylation is 1. The lowest BCUT2D eigenvalue weighted by molar-refractivity contribution is 0.0252. The van der Waals surface area contributed by atoms with E-state index in [-0.39, 0.29) is 0 Å². The molecule has 112 valence electrons. The van der Waals surface area contributed by atoms with E-state index < -0.39 is 0 Å². The Kier molecular flexibility index (Phi) is 4.16. The van der Waals surface area contributed by atoms with E-state index >= 15 is 0 Å². The first kappa shape index (κ1) is 14.5. The molecule has 2 aliphatic rings. The van der Waals surface area contributed by atoms with Gasteiger partial charge < -0.3 is 5.32 Å². The van der Waals surface area contributed by atoms with Crippen LogP contribution < -0.4 is 5.32 Å². The molecule has 2 heterocycles. The Morgan fingerprint density at radius 2 is 2.20 bits per heavy atom. The standard InChI is InChI=1S/C16H27N3S/c1-12(2)15-9-19(8-14-10-20-13(3)18-14)16(11-17-15)6-4-5-7-16/h10,12,15,17H,4-9,11H2,1-3H3. The molecule has 1 aromatic rings. The second-order valence-electron chi connectivity index (χ2n) is 6.90. The normalized spacial score (nSPS) is 26.7. The third kappa shape index (κ3) is 2.78. The van der Waals surface area contributed by atoms with E-state index in [1.165, 1.54) is 49.5 Å². The van der Waals surface area contributed by atoms with Gasteiger partial charge in [-0.05, 0) is 25.7 Å². The van der Waals surface area contributed by atoms with E-state index in [1.54, 1.807) is 11.3 Å². The fourth-order valence-electron chi connectivity index (χ4n) is 3.81. The maximum absolute atomic E-state index is 4.69. The predicted molar refractivity (Wildman–Crippen MR) is 85.1 cm³/mol. The average Bonchev–Trinajstić information content (AvgIpc) is 3.02. The molecule has 1 saturated carbocycles. The summed E-state index contributed by atoms with van der Waals surface area (Å²) in [4.78, 5) is 7.43. The molecular weight excluding hydrogens is 266 g/mol. The van der Waals surface area contributed by atoms with Gasteiger partial charge in [-0.1, -0.05) is 26.7 Å². The van der Waals surface area contributed by atoms with E-state index in [9.17, 15) is 0 Å². The Labute approximate surface area is 126 Å². The molecule has 1 saturated heterocycles. The van der Waals surface area contributed by atoms with Crippen LogP contribution in [0.4, 0.5) is 0 Å². The van der Waals surface area contributed by atoms with Crippen LogP contribution in [0.15, 0.2) is 5.38 Å². The maximum Gasteiger partial charge on any atom is 0.0897 e. The zero-order valence-corrected chi connectivity index (χ0v) is 13.8. The largest absolute Gasteiger partial charge is 0.311 e. The molecule has 1 unspecified atom stereocenters. The summed E-state index contributed by atoms with van der Waals surface area (Å²) in [5.41, 5.74) is 1.67. The molecular formula is C16H27N3S. The zero-order valence-electron chi connectivity index (χ0n) is 13.0. The molecule has 1 atom stereocenters. The molecule has 0 amide bonds. The fourth-order valence-corrected chi connectivity index (χ4v) is 4.41. The lowest BCUT2D eigenvalue weighted by Gasteiger charge is -2.49. The van der Waals surface area contributed by atoms with Gasteiger partial charge >= 0.3 is 0 Å². The summed E-state index contributed by atoms with van der Waals surface area (Å²) in [5.74, 6) is 0.702. The Bertz CT molecular complexity index is 448. The minimum atomic E-state index is 0.406. The van der Waals surface area contributed by atoms with Crippen molar-refractivity contribution in [3.05, 3.63) is 16.1 Å². The molecule has 3 nitrogen and oxygen atoms in total. The van der Waals surface area contributed by atoms with Gasteiger partial charge in [0.25, 0.3) is 0 Å². The van der Waals surface area contributed by atoms with Gasteiger partial charge in [-0.25, -0.2) is 4.98 Å². The van der Waals surface area contributed by atoms with Crippen LogP contribution >= 0.6 is 11.3 Å². The SMILES string of the molecule is Cc1nc(CN2CC(C(C)C)NCC23CCCC3)cs1. The van der Waals surface area contributed by atoms with E-state index in [2.05, 4.69) is 41.4 Å². The van der Waals surface area contributed by atoms with Crippen LogP contribution in [-0.2, 0) is 6.54 Å². The van der Waals surface area contributed by atoms with Crippen molar-refractivity contribution in [3.63, 3.8) is 0 Å².